The molecule has 3 N–H and O–H groups in total. The van der Waals surface area contributed by atoms with Crippen LogP contribution in [0.15, 0.2) is 60.9 Å². The van der Waals surface area contributed by atoms with Crippen LogP contribution in [-0.4, -0.2) is 46.3 Å². The number of carbonyl (C=O) groups excluding carboxylic acids is 2. The Bertz CT molecular complexity index is 1140. The minimum atomic E-state index is -1.22. The number of hydrogen-bond donors (Lipinski definition) is 3. The van der Waals surface area contributed by atoms with Crippen LogP contribution in [0.4, 0.5) is 4.79 Å². The summed E-state index contributed by atoms with van der Waals surface area (Å²) in [6, 6.07) is 16.1. The van der Waals surface area contributed by atoms with Crippen molar-refractivity contribution in [1.29, 1.82) is 0 Å². The van der Waals surface area contributed by atoms with Gasteiger partial charge in [-0.3, -0.25) is 9.63 Å². The Balaban J connectivity index is 1.28. The van der Waals surface area contributed by atoms with Gasteiger partial charge in [-0.15, -0.1) is 0 Å². The Morgan fingerprint density at radius 1 is 0.939 bits per heavy atom. The SMILES string of the molecule is O=C(O)CONC(=O)c1cnc(CNC(=O)OCC2c3ccccc3-c3ccccc32)nc1. The molecule has 0 atom stereocenters. The number of nitrogens with one attached hydrogen (secondary N) is 2. The second-order valence-electron chi connectivity index (χ2n) is 7.18. The number of rotatable bonds is 8. The van der Waals surface area contributed by atoms with Gasteiger partial charge in [-0.25, -0.2) is 25.0 Å². The number of carboxylic acids is 1. The Morgan fingerprint density at radius 3 is 2.15 bits per heavy atom. The van der Waals surface area contributed by atoms with E-state index in [0.29, 0.717) is 0 Å². The number of amides is 2. The third-order valence-corrected chi connectivity index (χ3v) is 5.06. The number of carbonyl (C=O) groups is 3. The third-order valence-electron chi connectivity index (χ3n) is 5.06. The maximum absolute atomic E-state index is 12.2. The Hall–Kier alpha value is -4.31. The van der Waals surface area contributed by atoms with E-state index in [9.17, 15) is 14.4 Å². The number of carboxylic acid groups (broad SMARTS) is 1. The van der Waals surface area contributed by atoms with Gasteiger partial charge in [0, 0.05) is 18.3 Å². The quantitative estimate of drug-likeness (QED) is 0.446. The highest BCUT2D eigenvalue weighted by Gasteiger charge is 2.28. The van der Waals surface area contributed by atoms with Crippen molar-refractivity contribution in [3.8, 4) is 11.1 Å². The molecule has 3 aromatic rings. The number of aromatic nitrogens is 2. The Labute approximate surface area is 188 Å². The molecule has 0 saturated carbocycles. The molecule has 1 aliphatic carbocycles. The lowest BCUT2D eigenvalue weighted by Gasteiger charge is -2.14. The fourth-order valence-corrected chi connectivity index (χ4v) is 3.59. The molecule has 33 heavy (non-hydrogen) atoms. The van der Waals surface area contributed by atoms with E-state index in [1.807, 2.05) is 41.9 Å². The molecule has 0 radical (unpaired) electrons. The largest absolute Gasteiger partial charge is 0.479 e. The van der Waals surface area contributed by atoms with E-state index in [-0.39, 0.29) is 30.5 Å². The molecular weight excluding hydrogens is 428 g/mol. The topological polar surface area (TPSA) is 140 Å². The average molecular weight is 448 g/mol. The smallest absolute Gasteiger partial charge is 0.407 e. The summed E-state index contributed by atoms with van der Waals surface area (Å²) in [5, 5.41) is 11.1. The van der Waals surface area contributed by atoms with Gasteiger partial charge in [0.25, 0.3) is 5.91 Å². The Morgan fingerprint density at radius 2 is 1.55 bits per heavy atom. The van der Waals surface area contributed by atoms with Crippen molar-refractivity contribution in [2.45, 2.75) is 12.5 Å². The number of benzene rings is 2. The van der Waals surface area contributed by atoms with Crippen molar-refractivity contribution in [2.24, 2.45) is 0 Å². The summed E-state index contributed by atoms with van der Waals surface area (Å²) < 4.78 is 5.45. The van der Waals surface area contributed by atoms with E-state index in [4.69, 9.17) is 9.84 Å². The zero-order valence-corrected chi connectivity index (χ0v) is 17.4. The first kappa shape index (κ1) is 21.9. The first-order valence-electron chi connectivity index (χ1n) is 10.1. The van der Waals surface area contributed by atoms with E-state index in [2.05, 4.69) is 32.3 Å². The van der Waals surface area contributed by atoms with Crippen LogP contribution in [0.5, 0.6) is 0 Å². The molecule has 1 aromatic heterocycles. The first-order chi connectivity index (χ1) is 16.0. The monoisotopic (exact) mass is 448 g/mol. The van der Waals surface area contributed by atoms with Crippen molar-refractivity contribution >= 4 is 18.0 Å². The molecule has 0 saturated heterocycles. The van der Waals surface area contributed by atoms with E-state index < -0.39 is 24.6 Å². The van der Waals surface area contributed by atoms with Crippen LogP contribution in [0, 0.1) is 0 Å². The molecule has 1 heterocycles. The highest BCUT2D eigenvalue weighted by atomic mass is 16.7. The predicted octanol–water partition coefficient (Wildman–Crippen LogP) is 2.26. The summed E-state index contributed by atoms with van der Waals surface area (Å²) in [5.41, 5.74) is 6.58. The van der Waals surface area contributed by atoms with Gasteiger partial charge >= 0.3 is 12.1 Å². The summed E-state index contributed by atoms with van der Waals surface area (Å²) in [6.07, 6.45) is 1.87. The van der Waals surface area contributed by atoms with Gasteiger partial charge in [-0.2, -0.15) is 0 Å². The molecule has 2 amide bonds. The number of aliphatic carboxylic acids is 1. The summed E-state index contributed by atoms with van der Waals surface area (Å²) in [4.78, 5) is 46.9. The van der Waals surface area contributed by atoms with Crippen molar-refractivity contribution in [3.63, 3.8) is 0 Å². The van der Waals surface area contributed by atoms with Crippen LogP contribution in [0.1, 0.15) is 33.2 Å². The zero-order chi connectivity index (χ0) is 23.2. The maximum Gasteiger partial charge on any atom is 0.407 e. The number of nitrogens with zero attached hydrogens (tertiary/aromatic N) is 2. The lowest BCUT2D eigenvalue weighted by molar-refractivity contribution is -0.144. The van der Waals surface area contributed by atoms with Gasteiger partial charge in [-0.05, 0) is 22.3 Å². The molecule has 168 valence electrons. The maximum atomic E-state index is 12.2. The van der Waals surface area contributed by atoms with Crippen LogP contribution < -0.4 is 10.8 Å². The molecule has 0 aliphatic heterocycles. The molecule has 0 fully saturated rings. The van der Waals surface area contributed by atoms with Crippen LogP contribution in [0.3, 0.4) is 0 Å². The standard InChI is InChI=1S/C23H20N4O6/c28-21(29)13-33-27-22(30)14-9-24-20(25-10-14)11-26-23(31)32-12-19-17-7-3-1-5-15(17)16-6-2-4-8-18(16)19/h1-10,19H,11-13H2,(H,26,31)(H,27,30)(H,28,29). The second kappa shape index (κ2) is 9.88. The van der Waals surface area contributed by atoms with Crippen LogP contribution in [0.2, 0.25) is 0 Å². The summed E-state index contributed by atoms with van der Waals surface area (Å²) in [5.74, 6) is -1.68. The van der Waals surface area contributed by atoms with E-state index in [1.54, 1.807) is 0 Å². The van der Waals surface area contributed by atoms with Gasteiger partial charge in [0.15, 0.2) is 6.61 Å². The van der Waals surface area contributed by atoms with Crippen molar-refractivity contribution in [3.05, 3.63) is 83.4 Å². The highest BCUT2D eigenvalue weighted by molar-refractivity contribution is 5.92. The summed E-state index contributed by atoms with van der Waals surface area (Å²) in [7, 11) is 0. The molecule has 10 heteroatoms. The first-order valence-corrected chi connectivity index (χ1v) is 10.1. The number of fused-ring (bicyclic) bond motifs is 3. The minimum absolute atomic E-state index is 0.00802. The van der Waals surface area contributed by atoms with Crippen molar-refractivity contribution < 1.29 is 29.1 Å². The van der Waals surface area contributed by atoms with Crippen LogP contribution >= 0.6 is 0 Å². The molecule has 0 bridgehead atoms. The van der Waals surface area contributed by atoms with Crippen molar-refractivity contribution in [1.82, 2.24) is 20.8 Å². The number of hydroxylamine groups is 1. The normalized spacial score (nSPS) is 11.9. The van der Waals surface area contributed by atoms with Gasteiger partial charge in [0.05, 0.1) is 12.1 Å². The summed E-state index contributed by atoms with van der Waals surface area (Å²) in [6.45, 7) is -0.473. The van der Waals surface area contributed by atoms with E-state index in [1.165, 1.54) is 12.4 Å². The van der Waals surface area contributed by atoms with Gasteiger partial charge in [0.2, 0.25) is 0 Å². The average Bonchev–Trinajstić information content (AvgIpc) is 3.15. The molecule has 1 aliphatic rings. The minimum Gasteiger partial charge on any atom is -0.479 e. The fraction of sp³-hybridized carbons (Fsp3) is 0.174. The number of hydrogen-bond acceptors (Lipinski definition) is 7. The lowest BCUT2D eigenvalue weighted by Crippen LogP contribution is -2.28. The van der Waals surface area contributed by atoms with E-state index >= 15 is 0 Å². The second-order valence-corrected chi connectivity index (χ2v) is 7.18. The fourth-order valence-electron chi connectivity index (χ4n) is 3.59. The van der Waals surface area contributed by atoms with Crippen LogP contribution in [0.25, 0.3) is 11.1 Å². The van der Waals surface area contributed by atoms with Gasteiger partial charge in [-0.1, -0.05) is 48.5 Å². The predicted molar refractivity (Wildman–Crippen MR) is 115 cm³/mol. The molecule has 4 rings (SSSR count). The zero-order valence-electron chi connectivity index (χ0n) is 17.4. The molecule has 10 nitrogen and oxygen atoms in total. The lowest BCUT2D eigenvalue weighted by atomic mass is 9.98. The number of ether oxygens (including phenoxy) is 1. The highest BCUT2D eigenvalue weighted by Crippen LogP contribution is 2.44. The molecular formula is C23H20N4O6. The van der Waals surface area contributed by atoms with Gasteiger partial charge in [0.1, 0.15) is 12.4 Å². The van der Waals surface area contributed by atoms with Crippen molar-refractivity contribution in [2.75, 3.05) is 13.2 Å². The van der Waals surface area contributed by atoms with Gasteiger partial charge < -0.3 is 15.2 Å². The summed E-state index contributed by atoms with van der Waals surface area (Å²) >= 11 is 0. The number of alkyl carbamates (subject to hydrolysis) is 1. The molecule has 2 aromatic carbocycles. The molecule has 0 spiro atoms. The Kier molecular flexibility index (Phi) is 6.56. The third kappa shape index (κ3) is 5.13. The van der Waals surface area contributed by atoms with E-state index in [0.717, 1.165) is 22.3 Å². The van der Waals surface area contributed by atoms with Crippen LogP contribution in [-0.2, 0) is 20.9 Å². The molecule has 0 unspecified atom stereocenters.